The van der Waals surface area contributed by atoms with Crippen LogP contribution in [0.5, 0.6) is 5.88 Å². The smallest absolute Gasteiger partial charge is 0.213 e. The highest BCUT2D eigenvalue weighted by molar-refractivity contribution is 5.78. The molecule has 6 heteroatoms. The van der Waals surface area contributed by atoms with Gasteiger partial charge in [0.25, 0.3) is 0 Å². The topological polar surface area (TPSA) is 84.5 Å². The molecule has 0 amide bonds. The second-order valence-corrected chi connectivity index (χ2v) is 5.79. The molecule has 3 rings (SSSR count). The second kappa shape index (κ2) is 6.56. The number of methoxy groups -OCH3 is 1. The van der Waals surface area contributed by atoms with Crippen LogP contribution in [0.25, 0.3) is 11.0 Å². The Morgan fingerprint density at radius 2 is 2.32 bits per heavy atom. The summed E-state index contributed by atoms with van der Waals surface area (Å²) in [6.45, 7) is 3.24. The first-order chi connectivity index (χ1) is 10.7. The van der Waals surface area contributed by atoms with E-state index in [1.807, 2.05) is 12.1 Å². The summed E-state index contributed by atoms with van der Waals surface area (Å²) in [5, 5.41) is 10.6. The minimum Gasteiger partial charge on any atom is -0.481 e. The van der Waals surface area contributed by atoms with Crippen LogP contribution in [0.3, 0.4) is 0 Å². The van der Waals surface area contributed by atoms with Crippen molar-refractivity contribution in [1.82, 2.24) is 14.9 Å². The highest BCUT2D eigenvalue weighted by atomic mass is 16.5. The maximum absolute atomic E-state index is 10.6. The molecule has 22 heavy (non-hydrogen) atoms. The molecule has 6 nitrogen and oxygen atoms in total. The van der Waals surface area contributed by atoms with Gasteiger partial charge in [-0.15, -0.1) is 0 Å². The largest absolute Gasteiger partial charge is 0.481 e. The maximum Gasteiger partial charge on any atom is 0.213 e. The van der Waals surface area contributed by atoms with Crippen molar-refractivity contribution in [2.24, 2.45) is 11.7 Å². The van der Waals surface area contributed by atoms with Crippen LogP contribution in [0.1, 0.15) is 18.1 Å². The third kappa shape index (κ3) is 3.04. The monoisotopic (exact) mass is 302 g/mol. The lowest BCUT2D eigenvalue weighted by atomic mass is 10.1. The van der Waals surface area contributed by atoms with E-state index < -0.39 is 6.10 Å². The number of β-amino-alcohol motifs (C(OH)–C–C–N with tert-alkyl or cyclic N) is 1. The van der Waals surface area contributed by atoms with Gasteiger partial charge < -0.3 is 20.5 Å². The summed E-state index contributed by atoms with van der Waals surface area (Å²) in [6, 6.07) is 5.46. The number of nitrogens with zero attached hydrogens (tertiary/aromatic N) is 3. The number of ether oxygens (including phenoxy) is 1. The Kier molecular flexibility index (Phi) is 4.52. The average molecular weight is 302 g/mol. The number of nitrogens with two attached hydrogens (primary N) is 1. The molecular weight excluding hydrogens is 280 g/mol. The third-order valence-electron chi connectivity index (χ3n) is 4.29. The number of aliphatic hydroxyl groups is 1. The molecule has 1 aliphatic rings. The standard InChI is InChI=1S/C16H22N4O2/c1-22-15-3-2-13-16(19-15)12(4-6-18-13)14(21)10-20-7-5-11(8-17)9-20/h2-4,6,11,14,21H,5,7-10,17H2,1H3/t11-,14-/m1/s1. The second-order valence-electron chi connectivity index (χ2n) is 5.79. The van der Waals surface area contributed by atoms with Crippen LogP contribution in [0.2, 0.25) is 0 Å². The molecule has 0 bridgehead atoms. The van der Waals surface area contributed by atoms with E-state index in [0.717, 1.165) is 30.6 Å². The first-order valence-electron chi connectivity index (χ1n) is 7.61. The van der Waals surface area contributed by atoms with E-state index in [9.17, 15) is 5.11 Å². The van der Waals surface area contributed by atoms with Gasteiger partial charge in [-0.3, -0.25) is 4.98 Å². The highest BCUT2D eigenvalue weighted by Gasteiger charge is 2.24. The predicted molar refractivity (Wildman–Crippen MR) is 84.7 cm³/mol. The van der Waals surface area contributed by atoms with Gasteiger partial charge in [0.15, 0.2) is 0 Å². The van der Waals surface area contributed by atoms with Crippen LogP contribution in [-0.4, -0.2) is 53.3 Å². The first-order valence-corrected chi connectivity index (χ1v) is 7.61. The molecule has 0 spiro atoms. The van der Waals surface area contributed by atoms with Crippen LogP contribution in [-0.2, 0) is 0 Å². The lowest BCUT2D eigenvalue weighted by Gasteiger charge is -2.21. The predicted octanol–water partition coefficient (Wildman–Crippen LogP) is 0.952. The number of fused-ring (bicyclic) bond motifs is 1. The van der Waals surface area contributed by atoms with Crippen molar-refractivity contribution < 1.29 is 9.84 Å². The summed E-state index contributed by atoms with van der Waals surface area (Å²) in [5.74, 6) is 1.07. The fourth-order valence-electron chi connectivity index (χ4n) is 3.02. The zero-order valence-corrected chi connectivity index (χ0v) is 12.8. The fourth-order valence-corrected chi connectivity index (χ4v) is 3.02. The molecule has 0 aromatic carbocycles. The lowest BCUT2D eigenvalue weighted by Crippen LogP contribution is -2.28. The van der Waals surface area contributed by atoms with Gasteiger partial charge in [0.2, 0.25) is 5.88 Å². The van der Waals surface area contributed by atoms with Crippen LogP contribution in [0.15, 0.2) is 24.4 Å². The maximum atomic E-state index is 10.6. The average Bonchev–Trinajstić information content (AvgIpc) is 3.01. The molecular formula is C16H22N4O2. The number of likely N-dealkylation sites (tertiary alicyclic amines) is 1. The number of aliphatic hydroxyl groups excluding tert-OH is 1. The number of hydrogen-bond donors (Lipinski definition) is 2. The van der Waals surface area contributed by atoms with Crippen molar-refractivity contribution in [2.75, 3.05) is 33.3 Å². The van der Waals surface area contributed by atoms with Gasteiger partial charge in [-0.25, -0.2) is 4.98 Å². The van der Waals surface area contributed by atoms with Crippen LogP contribution in [0.4, 0.5) is 0 Å². The molecule has 3 heterocycles. The Balaban J connectivity index is 1.82. The Morgan fingerprint density at radius 3 is 3.05 bits per heavy atom. The first kappa shape index (κ1) is 15.1. The normalized spacial score (nSPS) is 20.4. The molecule has 0 unspecified atom stereocenters. The van der Waals surface area contributed by atoms with Crippen molar-refractivity contribution in [3.63, 3.8) is 0 Å². The van der Waals surface area contributed by atoms with E-state index in [-0.39, 0.29) is 0 Å². The Hall–Kier alpha value is -1.76. The summed E-state index contributed by atoms with van der Waals surface area (Å²) in [5.41, 5.74) is 7.98. The molecule has 2 aromatic rings. The van der Waals surface area contributed by atoms with Crippen molar-refractivity contribution >= 4 is 11.0 Å². The van der Waals surface area contributed by atoms with Gasteiger partial charge in [-0.2, -0.15) is 0 Å². The van der Waals surface area contributed by atoms with Crippen LogP contribution < -0.4 is 10.5 Å². The zero-order valence-electron chi connectivity index (χ0n) is 12.8. The van der Waals surface area contributed by atoms with Crippen molar-refractivity contribution in [1.29, 1.82) is 0 Å². The third-order valence-corrected chi connectivity index (χ3v) is 4.29. The van der Waals surface area contributed by atoms with E-state index in [0.29, 0.717) is 30.4 Å². The van der Waals surface area contributed by atoms with Crippen molar-refractivity contribution in [3.05, 3.63) is 30.0 Å². The molecule has 1 saturated heterocycles. The van der Waals surface area contributed by atoms with Gasteiger partial charge in [0, 0.05) is 30.9 Å². The van der Waals surface area contributed by atoms with E-state index >= 15 is 0 Å². The summed E-state index contributed by atoms with van der Waals surface area (Å²) < 4.78 is 5.17. The number of aromatic nitrogens is 2. The van der Waals surface area contributed by atoms with Gasteiger partial charge in [-0.1, -0.05) is 0 Å². The minimum atomic E-state index is -0.596. The molecule has 2 aromatic heterocycles. The van der Waals surface area contributed by atoms with Crippen molar-refractivity contribution in [2.45, 2.75) is 12.5 Å². The molecule has 3 N–H and O–H groups in total. The highest BCUT2D eigenvalue weighted by Crippen LogP contribution is 2.25. The zero-order chi connectivity index (χ0) is 15.5. The lowest BCUT2D eigenvalue weighted by molar-refractivity contribution is 0.125. The molecule has 118 valence electrons. The van der Waals surface area contributed by atoms with E-state index in [2.05, 4.69) is 14.9 Å². The Bertz CT molecular complexity index is 649. The Morgan fingerprint density at radius 1 is 1.45 bits per heavy atom. The van der Waals surface area contributed by atoms with Gasteiger partial charge in [0.05, 0.1) is 24.2 Å². The summed E-state index contributed by atoms with van der Waals surface area (Å²) in [7, 11) is 1.58. The summed E-state index contributed by atoms with van der Waals surface area (Å²) in [6.07, 6.45) is 2.22. The molecule has 0 radical (unpaired) electrons. The van der Waals surface area contributed by atoms with Crippen molar-refractivity contribution in [3.8, 4) is 5.88 Å². The molecule has 0 saturated carbocycles. The number of hydrogen-bond acceptors (Lipinski definition) is 6. The summed E-state index contributed by atoms with van der Waals surface area (Å²) >= 11 is 0. The van der Waals surface area contributed by atoms with E-state index in [4.69, 9.17) is 10.5 Å². The molecule has 1 aliphatic heterocycles. The fraction of sp³-hybridized carbons (Fsp3) is 0.500. The minimum absolute atomic E-state index is 0.526. The Labute approximate surface area is 129 Å². The number of pyridine rings is 2. The quantitative estimate of drug-likeness (QED) is 0.855. The molecule has 1 fully saturated rings. The molecule has 2 atom stereocenters. The SMILES string of the molecule is COc1ccc2nccc([C@H](O)CN3CC[C@H](CN)C3)c2n1. The summed E-state index contributed by atoms with van der Waals surface area (Å²) in [4.78, 5) is 11.0. The molecule has 0 aliphatic carbocycles. The van der Waals surface area contributed by atoms with E-state index in [1.54, 1.807) is 19.4 Å². The van der Waals surface area contributed by atoms with Crippen LogP contribution >= 0.6 is 0 Å². The van der Waals surface area contributed by atoms with Gasteiger partial charge in [0.1, 0.15) is 0 Å². The van der Waals surface area contributed by atoms with E-state index in [1.165, 1.54) is 0 Å². The number of rotatable bonds is 5. The van der Waals surface area contributed by atoms with Crippen LogP contribution in [0, 0.1) is 5.92 Å². The van der Waals surface area contributed by atoms with Gasteiger partial charge in [-0.05, 0) is 37.6 Å². The van der Waals surface area contributed by atoms with Gasteiger partial charge >= 0.3 is 0 Å².